The van der Waals surface area contributed by atoms with Gasteiger partial charge in [0.05, 0.1) is 5.02 Å². The maximum atomic E-state index is 13.5. The van der Waals surface area contributed by atoms with Gasteiger partial charge in [-0.15, -0.1) is 0 Å². The third kappa shape index (κ3) is 2.88. The van der Waals surface area contributed by atoms with Crippen LogP contribution in [0.5, 0.6) is 11.5 Å². The van der Waals surface area contributed by atoms with Crippen molar-refractivity contribution in [2.45, 2.75) is 6.61 Å². The summed E-state index contributed by atoms with van der Waals surface area (Å²) in [6, 6.07) is 11.7. The van der Waals surface area contributed by atoms with Gasteiger partial charge in [0.15, 0.2) is 11.6 Å². The smallest absolute Gasteiger partial charge is 0.183 e. The van der Waals surface area contributed by atoms with Crippen LogP contribution >= 0.6 is 11.6 Å². The molecule has 2 aromatic carbocycles. The molecule has 0 aliphatic heterocycles. The molecule has 88 valence electrons. The van der Waals surface area contributed by atoms with Gasteiger partial charge in [0.2, 0.25) is 0 Å². The molecule has 0 aromatic heterocycles. The number of rotatable bonds is 3. The van der Waals surface area contributed by atoms with Crippen molar-refractivity contribution >= 4 is 11.6 Å². The molecule has 0 spiro atoms. The molecule has 0 aliphatic rings. The highest BCUT2D eigenvalue weighted by molar-refractivity contribution is 6.31. The average molecular weight is 253 g/mol. The third-order valence-electron chi connectivity index (χ3n) is 2.22. The van der Waals surface area contributed by atoms with Crippen LogP contribution in [0.1, 0.15) is 5.56 Å². The molecule has 1 N–H and O–H groups in total. The minimum Gasteiger partial charge on any atom is -0.508 e. The van der Waals surface area contributed by atoms with E-state index in [4.69, 9.17) is 16.3 Å². The largest absolute Gasteiger partial charge is 0.508 e. The van der Waals surface area contributed by atoms with E-state index in [9.17, 15) is 9.50 Å². The Morgan fingerprint density at radius 3 is 2.59 bits per heavy atom. The normalized spacial score (nSPS) is 10.2. The van der Waals surface area contributed by atoms with Crippen LogP contribution in [0.4, 0.5) is 4.39 Å². The number of phenols is 1. The van der Waals surface area contributed by atoms with Crippen LogP contribution in [0, 0.1) is 5.82 Å². The van der Waals surface area contributed by atoms with Crippen LogP contribution in [-0.4, -0.2) is 5.11 Å². The fourth-order valence-electron chi connectivity index (χ4n) is 1.39. The lowest BCUT2D eigenvalue weighted by Crippen LogP contribution is -1.97. The molecule has 2 nitrogen and oxygen atoms in total. The summed E-state index contributed by atoms with van der Waals surface area (Å²) in [5, 5.41) is 9.13. The molecule has 0 bridgehead atoms. The molecule has 0 amide bonds. The zero-order valence-electron chi connectivity index (χ0n) is 8.86. The van der Waals surface area contributed by atoms with Crippen molar-refractivity contribution in [1.29, 1.82) is 0 Å². The van der Waals surface area contributed by atoms with Gasteiger partial charge in [0, 0.05) is 12.1 Å². The van der Waals surface area contributed by atoms with Gasteiger partial charge in [-0.1, -0.05) is 41.9 Å². The van der Waals surface area contributed by atoms with Crippen LogP contribution < -0.4 is 4.74 Å². The van der Waals surface area contributed by atoms with E-state index >= 15 is 0 Å². The summed E-state index contributed by atoms with van der Waals surface area (Å²) < 4.78 is 18.8. The van der Waals surface area contributed by atoms with E-state index < -0.39 is 5.82 Å². The standard InChI is InChI=1S/C13H10ClFO2/c14-11-6-10(16)7-12(13(11)15)17-8-9-4-2-1-3-5-9/h1-7,16H,8H2. The molecular formula is C13H10ClFO2. The van der Waals surface area contributed by atoms with Crippen LogP contribution in [0.2, 0.25) is 5.02 Å². The fourth-order valence-corrected chi connectivity index (χ4v) is 1.60. The average Bonchev–Trinajstić information content (AvgIpc) is 2.33. The van der Waals surface area contributed by atoms with E-state index in [2.05, 4.69) is 0 Å². The summed E-state index contributed by atoms with van der Waals surface area (Å²) in [4.78, 5) is 0. The summed E-state index contributed by atoms with van der Waals surface area (Å²) in [5.41, 5.74) is 0.909. The number of hydrogen-bond acceptors (Lipinski definition) is 2. The quantitative estimate of drug-likeness (QED) is 0.901. The van der Waals surface area contributed by atoms with Gasteiger partial charge < -0.3 is 9.84 Å². The molecule has 0 heterocycles. The molecule has 2 aromatic rings. The summed E-state index contributed by atoms with van der Waals surface area (Å²) in [6.45, 7) is 0.220. The Labute approximate surface area is 103 Å². The lowest BCUT2D eigenvalue weighted by molar-refractivity contribution is 0.288. The van der Waals surface area contributed by atoms with E-state index in [-0.39, 0.29) is 23.1 Å². The SMILES string of the molecule is Oc1cc(Cl)c(F)c(OCc2ccccc2)c1. The highest BCUT2D eigenvalue weighted by atomic mass is 35.5. The second kappa shape index (κ2) is 5.06. The molecule has 0 fully saturated rings. The Hall–Kier alpha value is -1.74. The Morgan fingerprint density at radius 1 is 1.18 bits per heavy atom. The first-order valence-corrected chi connectivity index (χ1v) is 5.39. The molecular weight excluding hydrogens is 243 g/mol. The third-order valence-corrected chi connectivity index (χ3v) is 2.49. The number of halogens is 2. The van der Waals surface area contributed by atoms with Crippen molar-refractivity contribution in [2.24, 2.45) is 0 Å². The molecule has 0 atom stereocenters. The van der Waals surface area contributed by atoms with Crippen molar-refractivity contribution in [1.82, 2.24) is 0 Å². The molecule has 17 heavy (non-hydrogen) atoms. The van der Waals surface area contributed by atoms with Gasteiger partial charge >= 0.3 is 0 Å². The lowest BCUT2D eigenvalue weighted by atomic mass is 10.2. The first-order valence-electron chi connectivity index (χ1n) is 5.01. The van der Waals surface area contributed by atoms with Gasteiger partial charge in [-0.05, 0) is 5.56 Å². The van der Waals surface area contributed by atoms with Crippen molar-refractivity contribution in [3.8, 4) is 11.5 Å². The lowest BCUT2D eigenvalue weighted by Gasteiger charge is -2.08. The number of ether oxygens (including phenoxy) is 1. The first-order chi connectivity index (χ1) is 8.16. The van der Waals surface area contributed by atoms with Gasteiger partial charge in [-0.2, -0.15) is 0 Å². The summed E-state index contributed by atoms with van der Waals surface area (Å²) >= 11 is 5.59. The van der Waals surface area contributed by atoms with E-state index in [0.29, 0.717) is 0 Å². The van der Waals surface area contributed by atoms with E-state index in [1.54, 1.807) is 0 Å². The maximum absolute atomic E-state index is 13.5. The van der Waals surface area contributed by atoms with Gasteiger partial charge in [-0.3, -0.25) is 0 Å². The highest BCUT2D eigenvalue weighted by Gasteiger charge is 2.10. The topological polar surface area (TPSA) is 29.5 Å². The number of benzene rings is 2. The Bertz CT molecular complexity index is 514. The van der Waals surface area contributed by atoms with E-state index in [1.165, 1.54) is 6.07 Å². The zero-order chi connectivity index (χ0) is 12.3. The summed E-state index contributed by atoms with van der Waals surface area (Å²) in [5.74, 6) is -0.848. The van der Waals surface area contributed by atoms with Crippen LogP contribution in [0.3, 0.4) is 0 Å². The number of hydrogen-bond donors (Lipinski definition) is 1. The summed E-state index contributed by atoms with van der Waals surface area (Å²) in [6.07, 6.45) is 0. The van der Waals surface area contributed by atoms with Crippen molar-refractivity contribution in [2.75, 3.05) is 0 Å². The highest BCUT2D eigenvalue weighted by Crippen LogP contribution is 2.30. The molecule has 0 aliphatic carbocycles. The monoisotopic (exact) mass is 252 g/mol. The molecule has 0 saturated carbocycles. The minimum absolute atomic E-state index is 0.0566. The van der Waals surface area contributed by atoms with Crippen LogP contribution in [0.15, 0.2) is 42.5 Å². The molecule has 4 heteroatoms. The summed E-state index contributed by atoms with van der Waals surface area (Å²) in [7, 11) is 0. The van der Waals surface area contributed by atoms with Crippen molar-refractivity contribution in [3.05, 3.63) is 58.9 Å². The van der Waals surface area contributed by atoms with Crippen molar-refractivity contribution in [3.63, 3.8) is 0 Å². The molecule has 0 radical (unpaired) electrons. The molecule has 0 unspecified atom stereocenters. The Kier molecular flexibility index (Phi) is 3.49. The fraction of sp³-hybridized carbons (Fsp3) is 0.0769. The van der Waals surface area contributed by atoms with E-state index in [1.807, 2.05) is 30.3 Å². The minimum atomic E-state index is -0.666. The maximum Gasteiger partial charge on any atom is 0.183 e. The second-order valence-electron chi connectivity index (χ2n) is 3.51. The number of phenolic OH excluding ortho intramolecular Hbond substituents is 1. The van der Waals surface area contributed by atoms with E-state index in [0.717, 1.165) is 11.6 Å². The Morgan fingerprint density at radius 2 is 1.88 bits per heavy atom. The zero-order valence-corrected chi connectivity index (χ0v) is 9.62. The second-order valence-corrected chi connectivity index (χ2v) is 3.92. The van der Waals surface area contributed by atoms with Gasteiger partial charge in [-0.25, -0.2) is 4.39 Å². The van der Waals surface area contributed by atoms with Gasteiger partial charge in [0.25, 0.3) is 0 Å². The predicted octanol–water partition coefficient (Wildman–Crippen LogP) is 3.76. The number of aromatic hydroxyl groups is 1. The predicted molar refractivity (Wildman–Crippen MR) is 63.8 cm³/mol. The Balaban J connectivity index is 2.14. The molecule has 2 rings (SSSR count). The first kappa shape index (κ1) is 11.7. The van der Waals surface area contributed by atoms with Gasteiger partial charge in [0.1, 0.15) is 12.4 Å². The van der Waals surface area contributed by atoms with Crippen LogP contribution in [-0.2, 0) is 6.61 Å². The van der Waals surface area contributed by atoms with Crippen LogP contribution in [0.25, 0.3) is 0 Å². The van der Waals surface area contributed by atoms with Crippen molar-refractivity contribution < 1.29 is 14.2 Å². The molecule has 0 saturated heterocycles.